The smallest absolute Gasteiger partial charge is 0.276 e. The van der Waals surface area contributed by atoms with Gasteiger partial charge in [0.25, 0.3) is 5.91 Å². The van der Waals surface area contributed by atoms with Crippen LogP contribution < -0.4 is 4.90 Å². The van der Waals surface area contributed by atoms with Crippen molar-refractivity contribution in [3.63, 3.8) is 0 Å². The van der Waals surface area contributed by atoms with Crippen molar-refractivity contribution in [3.8, 4) is 5.82 Å². The topological polar surface area (TPSA) is 54.3 Å². The lowest BCUT2D eigenvalue weighted by atomic mass is 10.1. The van der Waals surface area contributed by atoms with Crippen LogP contribution >= 0.6 is 63.0 Å². The van der Waals surface area contributed by atoms with E-state index in [0.29, 0.717) is 41.7 Å². The minimum absolute atomic E-state index is 0.137. The molecule has 0 spiro atoms. The third-order valence-corrected chi connectivity index (χ3v) is 6.53. The number of hydrogen-bond acceptors (Lipinski definition) is 4. The molecule has 0 N–H and O–H groups in total. The van der Waals surface area contributed by atoms with Crippen LogP contribution in [0.15, 0.2) is 41.1 Å². The van der Waals surface area contributed by atoms with Crippen molar-refractivity contribution in [2.24, 2.45) is 0 Å². The third kappa shape index (κ3) is 4.94. The maximum Gasteiger partial charge on any atom is 0.276 e. The van der Waals surface area contributed by atoms with Crippen LogP contribution in [0.1, 0.15) is 29.9 Å². The fraction of sp³-hybridized carbons (Fsp3) is 0.238. The number of thiocarbonyl (C=S) groups is 1. The zero-order valence-electron chi connectivity index (χ0n) is 17.6. The Bertz CT molecular complexity index is 1200. The van der Waals surface area contributed by atoms with Gasteiger partial charge in [-0.3, -0.25) is 4.79 Å². The zero-order chi connectivity index (χ0) is 23.7. The summed E-state index contributed by atoms with van der Waals surface area (Å²) in [6.07, 6.45) is 1.57. The molecule has 1 amide bonds. The average Bonchev–Trinajstić information content (AvgIpc) is 3.12. The summed E-state index contributed by atoms with van der Waals surface area (Å²) in [5.74, 6) is -0.0560. The van der Waals surface area contributed by atoms with Crippen LogP contribution in [0, 0.1) is 0 Å². The highest BCUT2D eigenvalue weighted by molar-refractivity contribution is 9.10. The van der Waals surface area contributed by atoms with Crippen LogP contribution in [0.5, 0.6) is 0 Å². The summed E-state index contributed by atoms with van der Waals surface area (Å²) in [5, 5.41) is 5.40. The largest absolute Gasteiger partial charge is 0.363 e. The zero-order valence-corrected chi connectivity index (χ0v) is 22.3. The van der Waals surface area contributed by atoms with Crippen molar-refractivity contribution in [2.75, 3.05) is 19.0 Å². The van der Waals surface area contributed by atoms with E-state index in [2.05, 4.69) is 26.0 Å². The van der Waals surface area contributed by atoms with Gasteiger partial charge < -0.3 is 9.80 Å². The third-order valence-electron chi connectivity index (χ3n) is 4.83. The highest BCUT2D eigenvalue weighted by Crippen LogP contribution is 2.35. The standard InChI is InChI=1S/C21H19BrCl3N5OS/c1-11(2)28(3)21(32)13-8-12(23)9-15(25)18(13)29(4)20(31)16-10-17(22)27-30(16)19-14(24)6-5-7-26-19/h5-11H,1-4H3. The molecule has 3 rings (SSSR count). The van der Waals surface area contributed by atoms with Gasteiger partial charge in [0, 0.05) is 43.0 Å². The fourth-order valence-electron chi connectivity index (χ4n) is 2.97. The molecule has 0 atom stereocenters. The van der Waals surface area contributed by atoms with Crippen LogP contribution in [0.3, 0.4) is 0 Å². The molecule has 0 aliphatic carbocycles. The number of halogens is 4. The van der Waals surface area contributed by atoms with Gasteiger partial charge in [-0.05, 0) is 54.0 Å². The van der Waals surface area contributed by atoms with Gasteiger partial charge in [0.15, 0.2) is 5.82 Å². The number of rotatable bonds is 5. The molecule has 0 radical (unpaired) electrons. The average molecular weight is 576 g/mol. The Morgan fingerprint density at radius 2 is 1.84 bits per heavy atom. The molecule has 0 saturated heterocycles. The van der Waals surface area contributed by atoms with Crippen molar-refractivity contribution in [1.82, 2.24) is 19.7 Å². The number of benzene rings is 1. The van der Waals surface area contributed by atoms with E-state index in [9.17, 15) is 4.79 Å². The van der Waals surface area contributed by atoms with Crippen molar-refractivity contribution in [3.05, 3.63) is 67.5 Å². The molecule has 11 heteroatoms. The first-order valence-electron chi connectivity index (χ1n) is 9.43. The van der Waals surface area contributed by atoms with Gasteiger partial charge in [-0.15, -0.1) is 0 Å². The molecular formula is C21H19BrCl3N5OS. The molecule has 0 aliphatic rings. The summed E-state index contributed by atoms with van der Waals surface area (Å²) in [5.41, 5.74) is 1.25. The van der Waals surface area contributed by atoms with Crippen LogP contribution in [0.25, 0.3) is 5.82 Å². The van der Waals surface area contributed by atoms with E-state index < -0.39 is 0 Å². The molecule has 168 valence electrons. The molecular weight excluding hydrogens is 557 g/mol. The molecule has 0 bridgehead atoms. The first-order valence-corrected chi connectivity index (χ1v) is 11.8. The molecule has 0 aliphatic heterocycles. The molecule has 0 fully saturated rings. The monoisotopic (exact) mass is 573 g/mol. The molecule has 3 aromatic rings. The quantitative estimate of drug-likeness (QED) is 0.335. The molecule has 0 unspecified atom stereocenters. The number of carbonyl (C=O) groups is 1. The van der Waals surface area contributed by atoms with Gasteiger partial charge in [-0.25, -0.2) is 9.67 Å². The summed E-state index contributed by atoms with van der Waals surface area (Å²) >= 11 is 28.1. The molecule has 2 heterocycles. The lowest BCUT2D eigenvalue weighted by Crippen LogP contribution is -2.35. The molecule has 1 aromatic carbocycles. The van der Waals surface area contributed by atoms with Crippen molar-refractivity contribution < 1.29 is 4.79 Å². The summed E-state index contributed by atoms with van der Waals surface area (Å²) in [6.45, 7) is 4.03. The second kappa shape index (κ2) is 10.1. The van der Waals surface area contributed by atoms with Gasteiger partial charge >= 0.3 is 0 Å². The van der Waals surface area contributed by atoms with Gasteiger partial charge in [0.2, 0.25) is 0 Å². The Labute approximate surface area is 215 Å². The Kier molecular flexibility index (Phi) is 7.83. The minimum atomic E-state index is -0.384. The first kappa shape index (κ1) is 24.9. The fourth-order valence-corrected chi connectivity index (χ4v) is 4.53. The van der Waals surface area contributed by atoms with E-state index in [1.165, 1.54) is 9.58 Å². The Morgan fingerprint density at radius 1 is 1.16 bits per heavy atom. The predicted octanol–water partition coefficient (Wildman–Crippen LogP) is 6.28. The Morgan fingerprint density at radius 3 is 2.47 bits per heavy atom. The lowest BCUT2D eigenvalue weighted by Gasteiger charge is -2.29. The number of amides is 1. The first-order chi connectivity index (χ1) is 15.0. The van der Waals surface area contributed by atoms with Crippen molar-refractivity contribution in [1.29, 1.82) is 0 Å². The molecule has 2 aromatic heterocycles. The van der Waals surface area contributed by atoms with Gasteiger partial charge in [0.1, 0.15) is 15.3 Å². The minimum Gasteiger partial charge on any atom is -0.363 e. The van der Waals surface area contributed by atoms with Crippen molar-refractivity contribution in [2.45, 2.75) is 19.9 Å². The Hall–Kier alpha value is -1.71. The number of carbonyl (C=O) groups excluding carboxylic acids is 1. The van der Waals surface area contributed by atoms with Crippen LogP contribution in [-0.2, 0) is 0 Å². The van der Waals surface area contributed by atoms with Crippen LogP contribution in [0.2, 0.25) is 15.1 Å². The van der Waals surface area contributed by atoms with E-state index in [1.807, 2.05) is 25.8 Å². The van der Waals surface area contributed by atoms with E-state index in [1.54, 1.807) is 43.6 Å². The van der Waals surface area contributed by atoms with Crippen LogP contribution in [-0.4, -0.2) is 50.7 Å². The summed E-state index contributed by atoms with van der Waals surface area (Å²) in [4.78, 5) is 21.7. The maximum atomic E-state index is 13.6. The predicted molar refractivity (Wildman–Crippen MR) is 138 cm³/mol. The van der Waals surface area contributed by atoms with E-state index >= 15 is 0 Å². The van der Waals surface area contributed by atoms with E-state index in [4.69, 9.17) is 47.0 Å². The summed E-state index contributed by atoms with van der Waals surface area (Å²) in [6, 6.07) is 8.38. The molecule has 6 nitrogen and oxygen atoms in total. The van der Waals surface area contributed by atoms with E-state index in [-0.39, 0.29) is 17.6 Å². The number of anilines is 1. The second-order valence-corrected chi connectivity index (χ2v) is 9.68. The maximum absolute atomic E-state index is 13.6. The van der Waals surface area contributed by atoms with Gasteiger partial charge in [-0.2, -0.15) is 5.10 Å². The number of hydrogen-bond donors (Lipinski definition) is 0. The summed E-state index contributed by atoms with van der Waals surface area (Å²) in [7, 11) is 3.49. The van der Waals surface area contributed by atoms with Gasteiger partial charge in [-0.1, -0.05) is 47.0 Å². The number of nitrogens with zero attached hydrogens (tertiary/aromatic N) is 5. The van der Waals surface area contributed by atoms with Crippen molar-refractivity contribution >= 4 is 79.5 Å². The number of pyridine rings is 1. The lowest BCUT2D eigenvalue weighted by molar-refractivity contribution is 0.0985. The number of aromatic nitrogens is 3. The van der Waals surface area contributed by atoms with Crippen LogP contribution in [0.4, 0.5) is 5.69 Å². The van der Waals surface area contributed by atoms with Gasteiger partial charge in [0.05, 0.1) is 15.7 Å². The Balaban J connectivity index is 2.12. The SMILES string of the molecule is CC(C)N(C)C(=S)c1cc(Cl)cc(Cl)c1N(C)C(=O)c1cc(Br)nn1-c1ncccc1Cl. The second-order valence-electron chi connectivity index (χ2n) is 7.23. The highest BCUT2D eigenvalue weighted by Gasteiger charge is 2.27. The summed E-state index contributed by atoms with van der Waals surface area (Å²) < 4.78 is 1.83. The molecule has 32 heavy (non-hydrogen) atoms. The molecule has 0 saturated carbocycles. The van der Waals surface area contributed by atoms with E-state index in [0.717, 1.165) is 0 Å². The normalized spacial score (nSPS) is 11.0. The highest BCUT2D eigenvalue weighted by atomic mass is 79.9.